The molecule has 6 heteroatoms. The summed E-state index contributed by atoms with van der Waals surface area (Å²) in [6.07, 6.45) is 7.09. The largest absolute Gasteiger partial charge is 0.337 e. The Morgan fingerprint density at radius 3 is 2.88 bits per heavy atom. The predicted molar refractivity (Wildman–Crippen MR) is 95.0 cm³/mol. The van der Waals surface area contributed by atoms with Crippen molar-refractivity contribution in [2.24, 2.45) is 12.5 Å². The zero-order valence-corrected chi connectivity index (χ0v) is 14.9. The van der Waals surface area contributed by atoms with Crippen LogP contribution in [0.4, 0.5) is 0 Å². The number of imidazole rings is 1. The molecule has 1 aliphatic carbocycles. The maximum absolute atomic E-state index is 13.3. The molecule has 1 spiro atoms. The van der Waals surface area contributed by atoms with Gasteiger partial charge in [0, 0.05) is 31.2 Å². The topological polar surface area (TPSA) is 63.1 Å². The van der Waals surface area contributed by atoms with Crippen molar-refractivity contribution in [3.05, 3.63) is 47.8 Å². The molecule has 1 unspecified atom stereocenters. The highest BCUT2D eigenvalue weighted by Crippen LogP contribution is 2.56. The maximum atomic E-state index is 13.3. The van der Waals surface area contributed by atoms with Crippen molar-refractivity contribution in [1.29, 1.82) is 0 Å². The number of aryl methyl sites for hydroxylation is 2. The van der Waals surface area contributed by atoms with E-state index in [0.29, 0.717) is 18.3 Å². The number of aromatic nitrogens is 3. The van der Waals surface area contributed by atoms with Crippen molar-refractivity contribution >= 4 is 5.91 Å². The van der Waals surface area contributed by atoms with E-state index in [4.69, 9.17) is 0 Å². The molecular formula is C19H25N5O. The van der Waals surface area contributed by atoms with E-state index in [1.807, 2.05) is 47.8 Å². The van der Waals surface area contributed by atoms with Gasteiger partial charge in [-0.2, -0.15) is 0 Å². The molecular weight excluding hydrogens is 314 g/mol. The number of pyridine rings is 1. The lowest BCUT2D eigenvalue weighted by molar-refractivity contribution is 0.0679. The lowest BCUT2D eigenvalue weighted by Crippen LogP contribution is -2.40. The standard InChI is InChI=1S/C19H25N5O/c1-14-4-3-5-15(22-14)18(25)24(13-17-21-10-11-23(17)2)16-12-19(16)6-8-20-9-7-19/h3-5,10-11,16,20H,6-9,12-13H2,1-2H3. The highest BCUT2D eigenvalue weighted by Gasteiger charge is 2.58. The molecule has 1 saturated heterocycles. The quantitative estimate of drug-likeness (QED) is 0.924. The number of nitrogens with one attached hydrogen (secondary N) is 1. The van der Waals surface area contributed by atoms with E-state index in [-0.39, 0.29) is 11.3 Å². The number of amides is 1. The van der Waals surface area contributed by atoms with Gasteiger partial charge < -0.3 is 14.8 Å². The van der Waals surface area contributed by atoms with Gasteiger partial charge in [0.1, 0.15) is 11.5 Å². The summed E-state index contributed by atoms with van der Waals surface area (Å²) in [6.45, 7) is 4.55. The molecule has 2 fully saturated rings. The maximum Gasteiger partial charge on any atom is 0.273 e. The Balaban J connectivity index is 1.62. The van der Waals surface area contributed by atoms with Crippen molar-refractivity contribution in [3.8, 4) is 0 Å². The van der Waals surface area contributed by atoms with Crippen LogP contribution in [0.5, 0.6) is 0 Å². The summed E-state index contributed by atoms with van der Waals surface area (Å²) in [5.74, 6) is 0.934. The van der Waals surface area contributed by atoms with Crippen LogP contribution < -0.4 is 5.32 Å². The molecule has 2 aliphatic rings. The van der Waals surface area contributed by atoms with E-state index in [0.717, 1.165) is 43.9 Å². The zero-order chi connectivity index (χ0) is 17.4. The van der Waals surface area contributed by atoms with E-state index < -0.39 is 0 Å². The highest BCUT2D eigenvalue weighted by molar-refractivity contribution is 5.92. The molecule has 2 aromatic heterocycles. The molecule has 2 aromatic rings. The first kappa shape index (κ1) is 16.3. The molecule has 4 rings (SSSR count). The van der Waals surface area contributed by atoms with Crippen molar-refractivity contribution < 1.29 is 4.79 Å². The SMILES string of the molecule is Cc1cccc(C(=O)N(Cc2nccn2C)C2CC23CCNCC3)n1. The lowest BCUT2D eigenvalue weighted by atomic mass is 9.93. The number of rotatable bonds is 4. The van der Waals surface area contributed by atoms with E-state index >= 15 is 0 Å². The average Bonchev–Trinajstić information content (AvgIpc) is 3.13. The minimum atomic E-state index is 0.0205. The first-order valence-corrected chi connectivity index (χ1v) is 9.01. The second-order valence-corrected chi connectivity index (χ2v) is 7.38. The van der Waals surface area contributed by atoms with Crippen LogP contribution in [0.1, 0.15) is 41.3 Å². The first-order chi connectivity index (χ1) is 12.1. The Kier molecular flexibility index (Phi) is 4.07. The molecule has 0 radical (unpaired) electrons. The van der Waals surface area contributed by atoms with Crippen LogP contribution >= 0.6 is 0 Å². The molecule has 3 heterocycles. The second-order valence-electron chi connectivity index (χ2n) is 7.38. The molecule has 1 saturated carbocycles. The number of hydrogen-bond donors (Lipinski definition) is 1. The fourth-order valence-electron chi connectivity index (χ4n) is 4.06. The molecule has 1 aliphatic heterocycles. The summed E-state index contributed by atoms with van der Waals surface area (Å²) in [7, 11) is 1.98. The van der Waals surface area contributed by atoms with Crippen molar-refractivity contribution in [3.63, 3.8) is 0 Å². The zero-order valence-electron chi connectivity index (χ0n) is 14.9. The summed E-state index contributed by atoms with van der Waals surface area (Å²) in [5.41, 5.74) is 1.69. The van der Waals surface area contributed by atoms with Crippen LogP contribution in [0.3, 0.4) is 0 Å². The molecule has 0 aromatic carbocycles. The molecule has 132 valence electrons. The van der Waals surface area contributed by atoms with Gasteiger partial charge in [-0.1, -0.05) is 6.07 Å². The molecule has 1 atom stereocenters. The number of carbonyl (C=O) groups excluding carboxylic acids is 1. The van der Waals surface area contributed by atoms with Gasteiger partial charge in [-0.15, -0.1) is 0 Å². The van der Waals surface area contributed by atoms with Crippen molar-refractivity contribution in [1.82, 2.24) is 24.8 Å². The fraction of sp³-hybridized carbons (Fsp3) is 0.526. The smallest absolute Gasteiger partial charge is 0.273 e. The first-order valence-electron chi connectivity index (χ1n) is 9.01. The Hall–Kier alpha value is -2.21. The van der Waals surface area contributed by atoms with E-state index in [1.54, 1.807) is 6.20 Å². The Labute approximate surface area is 148 Å². The minimum absolute atomic E-state index is 0.0205. The average molecular weight is 339 g/mol. The van der Waals surface area contributed by atoms with Crippen LogP contribution in [-0.2, 0) is 13.6 Å². The van der Waals surface area contributed by atoms with Crippen molar-refractivity contribution in [2.75, 3.05) is 13.1 Å². The normalized spacial score (nSPS) is 21.3. The van der Waals surface area contributed by atoms with E-state index in [9.17, 15) is 4.79 Å². The Bertz CT molecular complexity index is 778. The van der Waals surface area contributed by atoms with Gasteiger partial charge >= 0.3 is 0 Å². The van der Waals surface area contributed by atoms with Gasteiger partial charge in [0.25, 0.3) is 5.91 Å². The van der Waals surface area contributed by atoms with Gasteiger partial charge in [0.05, 0.1) is 6.54 Å². The summed E-state index contributed by atoms with van der Waals surface area (Å²) in [5, 5.41) is 3.43. The molecule has 25 heavy (non-hydrogen) atoms. The molecule has 1 amide bonds. The highest BCUT2D eigenvalue weighted by atomic mass is 16.2. The van der Waals surface area contributed by atoms with Crippen LogP contribution in [0.15, 0.2) is 30.6 Å². The summed E-state index contributed by atoms with van der Waals surface area (Å²) >= 11 is 0. The molecule has 6 nitrogen and oxygen atoms in total. The number of hydrogen-bond acceptors (Lipinski definition) is 4. The van der Waals surface area contributed by atoms with Crippen molar-refractivity contribution in [2.45, 2.75) is 38.8 Å². The third-order valence-electron chi connectivity index (χ3n) is 5.72. The van der Waals surface area contributed by atoms with E-state index in [2.05, 4.69) is 15.3 Å². The van der Waals surface area contributed by atoms with Gasteiger partial charge in [-0.05, 0) is 56.8 Å². The van der Waals surface area contributed by atoms with Gasteiger partial charge in [0.2, 0.25) is 0 Å². The van der Waals surface area contributed by atoms with Gasteiger partial charge in [-0.25, -0.2) is 9.97 Å². The number of carbonyl (C=O) groups is 1. The fourth-order valence-corrected chi connectivity index (χ4v) is 4.06. The monoisotopic (exact) mass is 339 g/mol. The Morgan fingerprint density at radius 1 is 1.40 bits per heavy atom. The molecule has 0 bridgehead atoms. The third-order valence-corrected chi connectivity index (χ3v) is 5.72. The predicted octanol–water partition coefficient (Wildman–Crippen LogP) is 1.91. The molecule has 1 N–H and O–H groups in total. The van der Waals surface area contributed by atoms with Crippen LogP contribution in [-0.4, -0.2) is 44.5 Å². The number of nitrogens with zero attached hydrogens (tertiary/aromatic N) is 4. The second kappa shape index (κ2) is 6.26. The Morgan fingerprint density at radius 2 is 2.20 bits per heavy atom. The number of piperidine rings is 1. The minimum Gasteiger partial charge on any atom is -0.337 e. The van der Waals surface area contributed by atoms with Gasteiger partial charge in [-0.3, -0.25) is 4.79 Å². The van der Waals surface area contributed by atoms with Crippen LogP contribution in [0, 0.1) is 12.3 Å². The van der Waals surface area contributed by atoms with Gasteiger partial charge in [0.15, 0.2) is 0 Å². The van der Waals surface area contributed by atoms with Crippen LogP contribution in [0.2, 0.25) is 0 Å². The van der Waals surface area contributed by atoms with Crippen LogP contribution in [0.25, 0.3) is 0 Å². The summed E-state index contributed by atoms with van der Waals surface area (Å²) in [4.78, 5) is 24.2. The van der Waals surface area contributed by atoms with E-state index in [1.165, 1.54) is 0 Å². The third kappa shape index (κ3) is 3.06. The lowest BCUT2D eigenvalue weighted by Gasteiger charge is -2.29. The summed E-state index contributed by atoms with van der Waals surface area (Å²) < 4.78 is 1.99. The summed E-state index contributed by atoms with van der Waals surface area (Å²) in [6, 6.07) is 5.94.